The first-order valence-corrected chi connectivity index (χ1v) is 21.4. The maximum absolute atomic E-state index is 14.0. The summed E-state index contributed by atoms with van der Waals surface area (Å²) < 4.78 is 58.7. The van der Waals surface area contributed by atoms with E-state index >= 15 is 0 Å². The van der Waals surface area contributed by atoms with Gasteiger partial charge in [0.15, 0.2) is 0 Å². The van der Waals surface area contributed by atoms with Crippen LogP contribution in [-0.2, 0) is 19.9 Å². The molecule has 0 saturated heterocycles. The van der Waals surface area contributed by atoms with E-state index in [0.717, 1.165) is 25.5 Å². The molecule has 0 radical (unpaired) electrons. The van der Waals surface area contributed by atoms with E-state index in [4.69, 9.17) is 10.5 Å². The molecule has 0 aliphatic rings. The Kier molecular flexibility index (Phi) is 13.7. The van der Waals surface area contributed by atoms with Gasteiger partial charge in [-0.2, -0.15) is 0 Å². The van der Waals surface area contributed by atoms with E-state index < -0.39 is 37.8 Å². The van der Waals surface area contributed by atoms with Crippen molar-refractivity contribution >= 4 is 59.6 Å². The third kappa shape index (κ3) is 11.0. The van der Waals surface area contributed by atoms with Gasteiger partial charge in [-0.15, -0.1) is 0 Å². The standard InChI is InChI=1S/C40H46N6O9S2/c1-25-18-31(22-32-37(25)44-23-33(39(41)49)38(32)45-28-11-9-12-29(21-28)55-2)57(53,54)30-13-8-10-27(19-30)40(50)43-17-7-5-4-6-16-42-24-36(48)26-14-15-35(47)34(20-26)46-56(3,51)52/h8-15,18-23,36,42,46-48H,4-7,16-17,24H2,1-3H3,(H2,41,49)(H,43,50)(H,44,45). The molecule has 2 amide bonds. The monoisotopic (exact) mass is 818 g/mol. The van der Waals surface area contributed by atoms with Crippen LogP contribution in [0.5, 0.6) is 11.5 Å². The summed E-state index contributed by atoms with van der Waals surface area (Å²) in [5.74, 6) is -0.843. The molecule has 1 aromatic heterocycles. The molecule has 15 nitrogen and oxygen atoms in total. The highest BCUT2D eigenvalue weighted by atomic mass is 32.2. The molecule has 1 unspecified atom stereocenters. The fourth-order valence-electron chi connectivity index (χ4n) is 6.14. The van der Waals surface area contributed by atoms with Gasteiger partial charge in [-0.1, -0.05) is 31.0 Å². The number of aliphatic hydroxyl groups is 1. The lowest BCUT2D eigenvalue weighted by Crippen LogP contribution is -2.25. The Morgan fingerprint density at radius 2 is 1.63 bits per heavy atom. The van der Waals surface area contributed by atoms with Crippen molar-refractivity contribution in [3.63, 3.8) is 0 Å². The number of primary amides is 1. The van der Waals surface area contributed by atoms with E-state index in [-0.39, 0.29) is 44.6 Å². The Morgan fingerprint density at radius 1 is 0.895 bits per heavy atom. The molecule has 5 aromatic rings. The predicted octanol–water partition coefficient (Wildman–Crippen LogP) is 4.92. The van der Waals surface area contributed by atoms with Crippen molar-refractivity contribution in [3.05, 3.63) is 107 Å². The molecule has 0 spiro atoms. The van der Waals surface area contributed by atoms with Crippen molar-refractivity contribution in [3.8, 4) is 11.5 Å². The Balaban J connectivity index is 1.16. The summed E-state index contributed by atoms with van der Waals surface area (Å²) in [6.07, 6.45) is 4.58. The van der Waals surface area contributed by atoms with Crippen LogP contribution in [0.3, 0.4) is 0 Å². The molecule has 57 heavy (non-hydrogen) atoms. The Morgan fingerprint density at radius 3 is 2.35 bits per heavy atom. The maximum atomic E-state index is 14.0. The summed E-state index contributed by atoms with van der Waals surface area (Å²) in [7, 11) is -6.22. The van der Waals surface area contributed by atoms with Crippen molar-refractivity contribution in [2.75, 3.05) is 43.0 Å². The van der Waals surface area contributed by atoms with Crippen LogP contribution >= 0.6 is 0 Å². The lowest BCUT2D eigenvalue weighted by Gasteiger charge is -2.16. The Hall–Kier alpha value is -5.75. The molecule has 0 bridgehead atoms. The number of anilines is 3. The smallest absolute Gasteiger partial charge is 0.252 e. The zero-order valence-electron chi connectivity index (χ0n) is 31.7. The number of sulfone groups is 1. The van der Waals surface area contributed by atoms with Gasteiger partial charge in [-0.05, 0) is 92.0 Å². The number of methoxy groups -OCH3 is 1. The van der Waals surface area contributed by atoms with Gasteiger partial charge in [0.1, 0.15) is 11.5 Å². The van der Waals surface area contributed by atoms with Gasteiger partial charge in [0, 0.05) is 42.0 Å². The van der Waals surface area contributed by atoms with Crippen LogP contribution in [0.15, 0.2) is 94.9 Å². The van der Waals surface area contributed by atoms with Crippen molar-refractivity contribution in [2.45, 2.75) is 48.5 Å². The molecule has 0 saturated carbocycles. The van der Waals surface area contributed by atoms with Gasteiger partial charge in [-0.25, -0.2) is 16.8 Å². The number of nitrogens with zero attached hydrogens (tertiary/aromatic N) is 1. The molecule has 1 heterocycles. The number of amides is 2. The Bertz CT molecular complexity index is 2500. The van der Waals surface area contributed by atoms with Crippen LogP contribution in [0.1, 0.15) is 63.6 Å². The number of aryl methyl sites for hydroxylation is 1. The number of hydrogen-bond donors (Lipinski definition) is 7. The number of unbranched alkanes of at least 4 members (excludes halogenated alkanes) is 3. The average molecular weight is 819 g/mol. The van der Waals surface area contributed by atoms with Crippen LogP contribution in [0, 0.1) is 6.92 Å². The number of benzene rings is 4. The van der Waals surface area contributed by atoms with Crippen molar-refractivity contribution in [2.24, 2.45) is 5.73 Å². The second kappa shape index (κ2) is 18.5. The number of phenolic OH excluding ortho intramolecular Hbond substituents is 1. The molecule has 8 N–H and O–H groups in total. The topological polar surface area (TPSA) is 239 Å². The van der Waals surface area contributed by atoms with Crippen molar-refractivity contribution in [1.82, 2.24) is 15.6 Å². The van der Waals surface area contributed by atoms with E-state index in [2.05, 4.69) is 25.7 Å². The number of rotatable bonds is 19. The predicted molar refractivity (Wildman–Crippen MR) is 218 cm³/mol. The minimum atomic E-state index is -4.14. The van der Waals surface area contributed by atoms with E-state index in [0.29, 0.717) is 53.0 Å². The molecular weight excluding hydrogens is 773 g/mol. The van der Waals surface area contributed by atoms with Crippen molar-refractivity contribution in [1.29, 1.82) is 0 Å². The van der Waals surface area contributed by atoms with Gasteiger partial charge in [0.25, 0.3) is 11.8 Å². The molecule has 4 aromatic carbocycles. The minimum absolute atomic E-state index is 0.0101. The quantitative estimate of drug-likeness (QED) is 0.0434. The summed E-state index contributed by atoms with van der Waals surface area (Å²) >= 11 is 0. The number of carbonyl (C=O) groups is 2. The Labute approximate surface area is 331 Å². The molecule has 0 aliphatic carbocycles. The number of fused-ring (bicyclic) bond motifs is 1. The SMILES string of the molecule is COc1cccc(Nc2c(C(N)=O)cnc3c(C)cc(S(=O)(=O)c4cccc(C(=O)NCCCCCCNCC(O)c5ccc(O)c(NS(C)(=O)=O)c5)c4)cc23)c1. The number of phenols is 1. The lowest BCUT2D eigenvalue weighted by atomic mass is 10.1. The summed E-state index contributed by atoms with van der Waals surface area (Å²) in [6.45, 7) is 2.95. The first-order chi connectivity index (χ1) is 27.1. The molecule has 302 valence electrons. The number of pyridine rings is 1. The highest BCUT2D eigenvalue weighted by Gasteiger charge is 2.23. The number of nitrogens with one attached hydrogen (secondary N) is 4. The van der Waals surface area contributed by atoms with Gasteiger partial charge in [-0.3, -0.25) is 19.3 Å². The number of sulfonamides is 1. The first kappa shape index (κ1) is 42.4. The number of aromatic hydroxyl groups is 1. The van der Waals surface area contributed by atoms with Crippen LogP contribution in [0.25, 0.3) is 10.9 Å². The number of carbonyl (C=O) groups excluding carboxylic acids is 2. The normalized spacial score (nSPS) is 12.2. The second-order valence-corrected chi connectivity index (χ2v) is 17.2. The zero-order valence-corrected chi connectivity index (χ0v) is 33.3. The molecular formula is C40H46N6O9S2. The van der Waals surface area contributed by atoms with E-state index in [9.17, 15) is 36.6 Å². The molecule has 5 rings (SSSR count). The first-order valence-electron chi connectivity index (χ1n) is 18.0. The van der Waals surface area contributed by atoms with Crippen LogP contribution in [0.4, 0.5) is 17.1 Å². The number of nitrogens with two attached hydrogens (primary N) is 1. The third-order valence-corrected chi connectivity index (χ3v) is 11.4. The number of hydrogen-bond acceptors (Lipinski definition) is 12. The molecule has 1 atom stereocenters. The van der Waals surface area contributed by atoms with E-state index in [1.807, 2.05) is 0 Å². The van der Waals surface area contributed by atoms with Gasteiger partial charge in [0.2, 0.25) is 19.9 Å². The maximum Gasteiger partial charge on any atom is 0.252 e. The van der Waals surface area contributed by atoms with Gasteiger partial charge in [0.05, 0.1) is 51.7 Å². The molecule has 0 fully saturated rings. The number of aliphatic hydroxyl groups excluding tert-OH is 1. The van der Waals surface area contributed by atoms with Crippen molar-refractivity contribution < 1.29 is 41.4 Å². The highest BCUT2D eigenvalue weighted by Crippen LogP contribution is 2.35. The third-order valence-electron chi connectivity index (χ3n) is 9.06. The average Bonchev–Trinajstić information content (AvgIpc) is 3.17. The largest absolute Gasteiger partial charge is 0.506 e. The van der Waals surface area contributed by atoms with Gasteiger partial charge >= 0.3 is 0 Å². The van der Waals surface area contributed by atoms with Gasteiger partial charge < -0.3 is 36.6 Å². The summed E-state index contributed by atoms with van der Waals surface area (Å²) in [5.41, 5.74) is 8.28. The zero-order chi connectivity index (χ0) is 41.3. The van der Waals surface area contributed by atoms with Crippen LogP contribution < -0.4 is 31.1 Å². The summed E-state index contributed by atoms with van der Waals surface area (Å²) in [4.78, 5) is 29.8. The van der Waals surface area contributed by atoms with Crippen LogP contribution in [0.2, 0.25) is 0 Å². The van der Waals surface area contributed by atoms with Crippen LogP contribution in [-0.4, -0.2) is 76.8 Å². The number of ether oxygens (including phenoxy) is 1. The lowest BCUT2D eigenvalue weighted by molar-refractivity contribution is 0.0951. The fourth-order valence-corrected chi connectivity index (χ4v) is 8.12. The summed E-state index contributed by atoms with van der Waals surface area (Å²) in [5, 5.41) is 30.0. The van der Waals surface area contributed by atoms with E-state index in [1.54, 1.807) is 37.3 Å². The molecule has 17 heteroatoms. The molecule has 0 aliphatic heterocycles. The summed E-state index contributed by atoms with van der Waals surface area (Å²) in [6, 6.07) is 20.0. The number of aromatic nitrogens is 1. The minimum Gasteiger partial charge on any atom is -0.506 e. The van der Waals surface area contributed by atoms with E-state index in [1.165, 1.54) is 61.8 Å². The second-order valence-electron chi connectivity index (χ2n) is 13.5. The fraction of sp³-hybridized carbons (Fsp3) is 0.275. The highest BCUT2D eigenvalue weighted by molar-refractivity contribution is 7.92.